The van der Waals surface area contributed by atoms with Gasteiger partial charge in [0, 0.05) is 38.2 Å². The van der Waals surface area contributed by atoms with Crippen molar-refractivity contribution in [1.29, 1.82) is 0 Å². The molecule has 13 nitrogen and oxygen atoms in total. The van der Waals surface area contributed by atoms with E-state index in [0.29, 0.717) is 38.0 Å². The Bertz CT molecular complexity index is 1360. The van der Waals surface area contributed by atoms with E-state index < -0.39 is 51.7 Å². The zero-order valence-corrected chi connectivity index (χ0v) is 27.2. The predicted octanol–water partition coefficient (Wildman–Crippen LogP) is 1.78. The van der Waals surface area contributed by atoms with Crippen molar-refractivity contribution in [3.63, 3.8) is 0 Å². The van der Waals surface area contributed by atoms with Gasteiger partial charge in [0.15, 0.2) is 0 Å². The average molecular weight is 636 g/mol. The summed E-state index contributed by atoms with van der Waals surface area (Å²) in [6.45, 7) is 8.45. The molecule has 0 bridgehead atoms. The van der Waals surface area contributed by atoms with Crippen LogP contribution in [0, 0.1) is 0 Å². The monoisotopic (exact) mass is 635 g/mol. The Morgan fingerprint density at radius 2 is 1.80 bits per heavy atom. The maximum absolute atomic E-state index is 14.2. The first-order valence-corrected chi connectivity index (χ1v) is 16.8. The summed E-state index contributed by atoms with van der Waals surface area (Å²) in [5, 5.41) is 5.80. The van der Waals surface area contributed by atoms with E-state index in [1.54, 1.807) is 20.8 Å². The van der Waals surface area contributed by atoms with Crippen LogP contribution in [0.15, 0.2) is 24.3 Å². The van der Waals surface area contributed by atoms with Gasteiger partial charge < -0.3 is 25.0 Å². The maximum Gasteiger partial charge on any atom is 0.410 e. The first-order valence-electron chi connectivity index (χ1n) is 15.2. The molecule has 2 saturated heterocycles. The molecule has 0 saturated carbocycles. The minimum absolute atomic E-state index is 0.145. The molecule has 14 heteroatoms. The molecule has 5 atom stereocenters. The summed E-state index contributed by atoms with van der Waals surface area (Å²) in [5.41, 5.74) is 0.0911. The highest BCUT2D eigenvalue weighted by Crippen LogP contribution is 2.34. The summed E-state index contributed by atoms with van der Waals surface area (Å²) in [6, 6.07) is 3.78. The molecule has 0 aliphatic carbocycles. The lowest BCUT2D eigenvalue weighted by Crippen LogP contribution is -2.62. The number of para-hydroxylation sites is 1. The minimum Gasteiger partial charge on any atom is -0.493 e. The average Bonchev–Trinajstić information content (AvgIpc) is 3.39. The standard InChI is InChI=1S/C30H45N5O8S/c1-7-44(40,41)34-16-14-20-12-13-24(27(37)31-22-15-17-42-25-11-9-8-10-21(22)25)35(20)28(38)23(18-34)32-26(36)19(2)33(6)29(39)43-30(3,4)5/h8-11,19-20,22-24H,7,12-18H2,1-6H3,(H,31,37)(H,32,36)/t19-,20+,22+,23-,24-/m0/s1. The van der Waals surface area contributed by atoms with Crippen molar-refractivity contribution >= 4 is 33.8 Å². The number of ether oxygens (including phenoxy) is 2. The fraction of sp³-hybridized carbons (Fsp3) is 0.667. The third-order valence-corrected chi connectivity index (χ3v) is 10.3. The van der Waals surface area contributed by atoms with Crippen LogP contribution in [0.5, 0.6) is 5.75 Å². The van der Waals surface area contributed by atoms with Gasteiger partial charge in [-0.05, 0) is 59.9 Å². The Labute approximate surface area is 259 Å². The third-order valence-electron chi connectivity index (χ3n) is 8.45. The van der Waals surface area contributed by atoms with Gasteiger partial charge in [-0.3, -0.25) is 19.3 Å². The van der Waals surface area contributed by atoms with Gasteiger partial charge in [-0.2, -0.15) is 4.31 Å². The number of amides is 4. The number of rotatable bonds is 7. The Hall–Kier alpha value is -3.39. The summed E-state index contributed by atoms with van der Waals surface area (Å²) < 4.78 is 38.2. The van der Waals surface area contributed by atoms with Crippen LogP contribution in [-0.4, -0.2) is 109 Å². The minimum atomic E-state index is -3.69. The van der Waals surface area contributed by atoms with Crippen LogP contribution in [0.4, 0.5) is 4.79 Å². The highest BCUT2D eigenvalue weighted by molar-refractivity contribution is 7.89. The summed E-state index contributed by atoms with van der Waals surface area (Å²) in [5.74, 6) is -0.936. The van der Waals surface area contributed by atoms with Crippen LogP contribution in [0.25, 0.3) is 0 Å². The maximum atomic E-state index is 14.2. The first kappa shape index (κ1) is 33.5. The molecule has 4 amide bonds. The zero-order valence-electron chi connectivity index (χ0n) is 26.4. The van der Waals surface area contributed by atoms with E-state index >= 15 is 0 Å². The first-order chi connectivity index (χ1) is 20.6. The number of sulfonamides is 1. The highest BCUT2D eigenvalue weighted by Gasteiger charge is 2.47. The summed E-state index contributed by atoms with van der Waals surface area (Å²) in [4.78, 5) is 56.5. The second kappa shape index (κ2) is 13.3. The summed E-state index contributed by atoms with van der Waals surface area (Å²) >= 11 is 0. The van der Waals surface area contributed by atoms with E-state index in [2.05, 4.69) is 10.6 Å². The molecule has 1 aromatic carbocycles. The van der Waals surface area contributed by atoms with Gasteiger partial charge in [-0.15, -0.1) is 0 Å². The molecule has 3 aliphatic heterocycles. The molecular formula is C30H45N5O8S. The Balaban J connectivity index is 1.56. The molecule has 0 spiro atoms. The van der Waals surface area contributed by atoms with Crippen molar-refractivity contribution in [2.45, 2.75) is 96.1 Å². The lowest BCUT2D eigenvalue weighted by molar-refractivity contribution is -0.145. The van der Waals surface area contributed by atoms with Crippen LogP contribution in [0.2, 0.25) is 0 Å². The molecule has 0 radical (unpaired) electrons. The lowest BCUT2D eigenvalue weighted by Gasteiger charge is -2.39. The third kappa shape index (κ3) is 7.45. The number of carbonyl (C=O) groups is 4. The fourth-order valence-corrected chi connectivity index (χ4v) is 6.99. The second-order valence-corrected chi connectivity index (χ2v) is 14.9. The van der Waals surface area contributed by atoms with Crippen molar-refractivity contribution in [1.82, 2.24) is 24.7 Å². The van der Waals surface area contributed by atoms with Gasteiger partial charge >= 0.3 is 6.09 Å². The molecule has 4 rings (SSSR count). The van der Waals surface area contributed by atoms with Crippen molar-refractivity contribution in [3.05, 3.63) is 29.8 Å². The molecule has 0 aromatic heterocycles. The quantitative estimate of drug-likeness (QED) is 0.460. The zero-order chi connectivity index (χ0) is 32.4. The molecule has 244 valence electrons. The summed E-state index contributed by atoms with van der Waals surface area (Å²) in [7, 11) is -2.28. The number of benzene rings is 1. The van der Waals surface area contributed by atoms with E-state index in [-0.39, 0.29) is 36.8 Å². The normalized spacial score (nSPS) is 25.0. The topological polar surface area (TPSA) is 155 Å². The molecule has 3 aliphatic rings. The van der Waals surface area contributed by atoms with Gasteiger partial charge in [0.2, 0.25) is 27.7 Å². The fourth-order valence-electron chi connectivity index (χ4n) is 5.87. The number of hydrogen-bond donors (Lipinski definition) is 2. The smallest absolute Gasteiger partial charge is 0.410 e. The molecular weight excluding hydrogens is 590 g/mol. The van der Waals surface area contributed by atoms with E-state index in [0.717, 1.165) is 10.5 Å². The second-order valence-electron chi connectivity index (χ2n) is 12.6. The number of hydrogen-bond acceptors (Lipinski definition) is 8. The molecule has 1 aromatic rings. The molecule has 44 heavy (non-hydrogen) atoms. The predicted molar refractivity (Wildman–Crippen MR) is 162 cm³/mol. The van der Waals surface area contributed by atoms with Gasteiger partial charge in [0.25, 0.3) is 0 Å². The summed E-state index contributed by atoms with van der Waals surface area (Å²) in [6.07, 6.45) is 1.16. The van der Waals surface area contributed by atoms with Crippen molar-refractivity contribution in [2.75, 3.05) is 32.5 Å². The Morgan fingerprint density at radius 3 is 2.48 bits per heavy atom. The van der Waals surface area contributed by atoms with Crippen molar-refractivity contribution < 1.29 is 37.1 Å². The van der Waals surface area contributed by atoms with Gasteiger partial charge in [0.05, 0.1) is 18.4 Å². The highest BCUT2D eigenvalue weighted by atomic mass is 32.2. The number of likely N-dealkylation sites (N-methyl/N-ethyl adjacent to an activating group) is 1. The number of carbonyl (C=O) groups excluding carboxylic acids is 4. The van der Waals surface area contributed by atoms with E-state index in [1.807, 2.05) is 24.3 Å². The van der Waals surface area contributed by atoms with Crippen molar-refractivity contribution in [2.24, 2.45) is 0 Å². The van der Waals surface area contributed by atoms with Crippen LogP contribution in [-0.2, 0) is 29.1 Å². The van der Waals surface area contributed by atoms with E-state index in [4.69, 9.17) is 9.47 Å². The molecule has 2 fully saturated rings. The van der Waals surface area contributed by atoms with E-state index in [1.165, 1.54) is 30.1 Å². The SMILES string of the molecule is CCS(=O)(=O)N1CC[C@H]2CC[C@@H](C(=O)N[C@@H]3CCOc4ccccc43)N2C(=O)[C@@H](NC(=O)[C@H](C)N(C)C(=O)OC(C)(C)C)C1. The number of fused-ring (bicyclic) bond motifs is 2. The van der Waals surface area contributed by atoms with Crippen LogP contribution in [0.1, 0.15) is 71.9 Å². The van der Waals surface area contributed by atoms with Crippen LogP contribution >= 0.6 is 0 Å². The molecule has 2 N–H and O–H groups in total. The van der Waals surface area contributed by atoms with Gasteiger partial charge in [-0.25, -0.2) is 13.2 Å². The lowest BCUT2D eigenvalue weighted by atomic mass is 10.00. The van der Waals surface area contributed by atoms with Crippen LogP contribution < -0.4 is 15.4 Å². The number of nitrogens with one attached hydrogen (secondary N) is 2. The van der Waals surface area contributed by atoms with E-state index in [9.17, 15) is 27.6 Å². The number of nitrogens with zero attached hydrogens (tertiary/aromatic N) is 3. The molecule has 3 heterocycles. The van der Waals surface area contributed by atoms with Crippen LogP contribution in [0.3, 0.4) is 0 Å². The van der Waals surface area contributed by atoms with Gasteiger partial charge in [0.1, 0.15) is 29.5 Å². The Morgan fingerprint density at radius 1 is 1.09 bits per heavy atom. The Kier molecular flexibility index (Phi) is 10.1. The van der Waals surface area contributed by atoms with Gasteiger partial charge in [-0.1, -0.05) is 18.2 Å². The molecule has 0 unspecified atom stereocenters. The van der Waals surface area contributed by atoms with Crippen molar-refractivity contribution in [3.8, 4) is 5.75 Å². The largest absolute Gasteiger partial charge is 0.493 e.